The Morgan fingerprint density at radius 2 is 1.88 bits per heavy atom. The van der Waals surface area contributed by atoms with Gasteiger partial charge in [-0.1, -0.05) is 34.8 Å². The van der Waals surface area contributed by atoms with Gasteiger partial charge in [-0.2, -0.15) is 4.68 Å². The monoisotopic (exact) mass is 175 g/mol. The highest BCUT2D eigenvalue weighted by Gasteiger charge is 2.32. The zero-order valence-corrected chi connectivity index (χ0v) is 5.67. The molecule has 0 amide bonds. The first-order valence-corrected chi connectivity index (χ1v) is 2.73. The van der Waals surface area contributed by atoms with Crippen LogP contribution in [0.15, 0.2) is 9.26 Å². The van der Waals surface area contributed by atoms with Gasteiger partial charge < -0.3 is 0 Å². The average Bonchev–Trinajstić information content (AvgIpc) is 1.16. The summed E-state index contributed by atoms with van der Waals surface area (Å²) in [5, 5.41) is 3.14. The number of aromatic nitrogens is 1. The van der Waals surface area contributed by atoms with Crippen molar-refractivity contribution < 1.29 is 9.26 Å². The molecule has 0 aliphatic carbocycles. The van der Waals surface area contributed by atoms with E-state index >= 15 is 0 Å². The molecule has 0 aliphatic rings. The zero-order chi connectivity index (χ0) is 6.20. The molecule has 0 N–H and O–H groups in total. The second kappa shape index (κ2) is 1.83. The van der Waals surface area contributed by atoms with Crippen molar-refractivity contribution in [3.8, 4) is 0 Å². The van der Waals surface area contributed by atoms with E-state index in [1.807, 2.05) is 0 Å². The molecule has 1 rings (SSSR count). The van der Waals surface area contributed by atoms with Crippen molar-refractivity contribution in [1.29, 1.82) is 0 Å². The molecule has 1 aromatic rings. The number of halogens is 3. The minimum atomic E-state index is -1.59. The lowest BCUT2D eigenvalue weighted by atomic mass is 10.8. The normalized spacial score (nSPS) is 12.4. The van der Waals surface area contributed by atoms with Crippen LogP contribution in [0.3, 0.4) is 0 Å². The van der Waals surface area contributed by atoms with Crippen molar-refractivity contribution in [1.82, 2.24) is 5.16 Å². The van der Waals surface area contributed by atoms with Crippen molar-refractivity contribution in [2.24, 2.45) is 0 Å². The number of alkyl halides is 3. The summed E-state index contributed by atoms with van der Waals surface area (Å²) in [6, 6.07) is 0. The van der Waals surface area contributed by atoms with Crippen LogP contribution >= 0.6 is 34.8 Å². The summed E-state index contributed by atoms with van der Waals surface area (Å²) in [5.41, 5.74) is 0. The Kier molecular flexibility index (Phi) is 1.43. The summed E-state index contributed by atoms with van der Waals surface area (Å²) in [7, 11) is 0. The lowest BCUT2D eigenvalue weighted by Gasteiger charge is -2.04. The van der Waals surface area contributed by atoms with E-state index in [0.717, 1.165) is 0 Å². The summed E-state index contributed by atoms with van der Waals surface area (Å²) in [5.74, 6) is -0.0394. The van der Waals surface area contributed by atoms with Crippen LogP contribution in [0.5, 0.6) is 0 Å². The van der Waals surface area contributed by atoms with Crippen molar-refractivity contribution >= 4 is 34.8 Å². The average molecular weight is 176 g/mol. The highest BCUT2D eigenvalue weighted by molar-refractivity contribution is 6.66. The number of rotatable bonds is 0. The first-order valence-electron chi connectivity index (χ1n) is 1.59. The fourth-order valence-electron chi connectivity index (χ4n) is 0.174. The minimum Gasteiger partial charge on any atom is -0.243 e. The van der Waals surface area contributed by atoms with E-state index in [0.29, 0.717) is 0 Å². The molecule has 0 fully saturated rings. The molecule has 0 bridgehead atoms. The van der Waals surface area contributed by atoms with Gasteiger partial charge in [-0.3, -0.25) is 0 Å². The zero-order valence-electron chi connectivity index (χ0n) is 3.40. The summed E-state index contributed by atoms with van der Waals surface area (Å²) in [6.07, 6.45) is 0. The van der Waals surface area contributed by atoms with Gasteiger partial charge in [-0.15, -0.1) is 0 Å². The van der Waals surface area contributed by atoms with E-state index in [9.17, 15) is 0 Å². The summed E-state index contributed by atoms with van der Waals surface area (Å²) in [4.78, 5) is 0. The molecule has 6 heteroatoms. The predicted molar refractivity (Wildman–Crippen MR) is 28.0 cm³/mol. The molecule has 46 valence electrons. The van der Waals surface area contributed by atoms with Gasteiger partial charge in [-0.05, 0) is 0 Å². The van der Waals surface area contributed by atoms with E-state index in [-0.39, 0.29) is 5.89 Å². The van der Waals surface area contributed by atoms with Gasteiger partial charge in [0.1, 0.15) is 0 Å². The maximum absolute atomic E-state index is 5.23. The molecule has 0 radical (unpaired) electrons. The molecular weight excluding hydrogens is 176 g/mol. The summed E-state index contributed by atoms with van der Waals surface area (Å²) in [6.45, 7) is 0. The summed E-state index contributed by atoms with van der Waals surface area (Å²) < 4.78 is 6.46. The molecule has 0 aromatic carbocycles. The van der Waals surface area contributed by atoms with Crippen LogP contribution in [0.25, 0.3) is 0 Å². The lowest BCUT2D eigenvalue weighted by molar-refractivity contribution is -0.0962. The van der Waals surface area contributed by atoms with Gasteiger partial charge in [-0.25, -0.2) is 4.58 Å². The standard InChI is InChI=1S/C2Cl3NO2/c3-2(4,5)1-6-8-7-1. The highest BCUT2D eigenvalue weighted by Crippen LogP contribution is 2.37. The molecule has 0 spiro atoms. The second-order valence-corrected chi connectivity index (χ2v) is 3.33. The predicted octanol–water partition coefficient (Wildman–Crippen LogP) is 2.09. The molecule has 8 heavy (non-hydrogen) atoms. The number of nitrogens with zero attached hydrogens (tertiary/aromatic N) is 1. The first kappa shape index (κ1) is 6.26. The van der Waals surface area contributed by atoms with Crippen molar-refractivity contribution in [3.05, 3.63) is 5.89 Å². The molecule has 1 heterocycles. The van der Waals surface area contributed by atoms with Crippen LogP contribution in [0.4, 0.5) is 0 Å². The molecule has 0 atom stereocenters. The van der Waals surface area contributed by atoms with Gasteiger partial charge in [0.25, 0.3) is 3.79 Å². The Bertz CT molecular complexity index is 154. The number of hydrogen-bond acceptors (Lipinski definition) is 3. The van der Waals surface area contributed by atoms with Gasteiger partial charge >= 0.3 is 5.89 Å². The quantitative estimate of drug-likeness (QED) is 0.449. The molecular formula is C2Cl3NO2. The van der Waals surface area contributed by atoms with E-state index in [2.05, 4.69) is 14.4 Å². The lowest BCUT2D eigenvalue weighted by Crippen LogP contribution is -2.04. The van der Waals surface area contributed by atoms with Crippen LogP contribution in [0.2, 0.25) is 0 Å². The Morgan fingerprint density at radius 3 is 1.88 bits per heavy atom. The largest absolute Gasteiger partial charge is 0.339 e. The van der Waals surface area contributed by atoms with Crippen LogP contribution in [0, 0.1) is 0 Å². The van der Waals surface area contributed by atoms with Crippen LogP contribution < -0.4 is 0 Å². The Balaban J connectivity index is 2.71. The van der Waals surface area contributed by atoms with E-state index < -0.39 is 3.79 Å². The SMILES string of the molecule is ClC(Cl)(Cl)c1noo1. The maximum atomic E-state index is 5.23. The highest BCUT2D eigenvalue weighted by atomic mass is 35.6. The van der Waals surface area contributed by atoms with Gasteiger partial charge in [0.2, 0.25) is 0 Å². The molecule has 0 saturated carbocycles. The van der Waals surface area contributed by atoms with Crippen LogP contribution in [-0.4, -0.2) is 5.16 Å². The van der Waals surface area contributed by atoms with Gasteiger partial charge in [0, 0.05) is 5.16 Å². The minimum absolute atomic E-state index is 0.0394. The van der Waals surface area contributed by atoms with Gasteiger partial charge in [0.05, 0.1) is 0 Å². The number of hydrogen-bond donors (Lipinski definition) is 0. The van der Waals surface area contributed by atoms with Crippen molar-refractivity contribution in [3.63, 3.8) is 0 Å². The molecule has 3 nitrogen and oxygen atoms in total. The maximum Gasteiger partial charge on any atom is 0.339 e. The molecule has 1 aromatic heterocycles. The third-order valence-corrected chi connectivity index (χ3v) is 0.964. The van der Waals surface area contributed by atoms with Gasteiger partial charge in [0.15, 0.2) is 0 Å². The Morgan fingerprint density at radius 1 is 1.38 bits per heavy atom. The third kappa shape index (κ3) is 1.10. The fraction of sp³-hybridized carbons (Fsp3) is 0.500. The smallest absolute Gasteiger partial charge is 0.243 e. The summed E-state index contributed by atoms with van der Waals surface area (Å²) >= 11 is 15.7. The third-order valence-electron chi connectivity index (χ3n) is 0.479. The van der Waals surface area contributed by atoms with E-state index in [1.54, 1.807) is 0 Å². The second-order valence-electron chi connectivity index (χ2n) is 1.05. The molecule has 0 unspecified atom stereocenters. The van der Waals surface area contributed by atoms with E-state index in [1.165, 1.54) is 0 Å². The molecule has 0 aliphatic heterocycles. The fourth-order valence-corrected chi connectivity index (χ4v) is 0.372. The van der Waals surface area contributed by atoms with Crippen molar-refractivity contribution in [2.75, 3.05) is 0 Å². The van der Waals surface area contributed by atoms with Crippen molar-refractivity contribution in [2.45, 2.75) is 3.79 Å². The topological polar surface area (TPSA) is 39.2 Å². The Hall–Kier alpha value is 0.140. The van der Waals surface area contributed by atoms with Crippen LogP contribution in [0.1, 0.15) is 5.89 Å². The van der Waals surface area contributed by atoms with Crippen LogP contribution in [-0.2, 0) is 3.79 Å². The first-order chi connectivity index (χ1) is 3.61. The van der Waals surface area contributed by atoms with E-state index in [4.69, 9.17) is 34.8 Å². The molecule has 0 saturated heterocycles. The Labute approximate surface area is 59.4 Å².